The van der Waals surface area contributed by atoms with Crippen molar-refractivity contribution in [3.63, 3.8) is 0 Å². The smallest absolute Gasteiger partial charge is 0.238 e. The molecule has 0 radical (unpaired) electrons. The molecule has 18 heavy (non-hydrogen) atoms. The van der Waals surface area contributed by atoms with E-state index in [-0.39, 0.29) is 5.91 Å². The zero-order valence-corrected chi connectivity index (χ0v) is 12.1. The Hall–Kier alpha value is -0.710. The first-order chi connectivity index (χ1) is 8.72. The highest BCUT2D eigenvalue weighted by molar-refractivity contribution is 7.98. The molecule has 0 aliphatic rings. The van der Waals surface area contributed by atoms with Gasteiger partial charge >= 0.3 is 0 Å². The van der Waals surface area contributed by atoms with Crippen LogP contribution < -0.4 is 10.6 Å². The van der Waals surface area contributed by atoms with Crippen molar-refractivity contribution in [3.05, 3.63) is 29.3 Å². The van der Waals surface area contributed by atoms with E-state index < -0.39 is 0 Å². The summed E-state index contributed by atoms with van der Waals surface area (Å²) in [6.45, 7) is 1.22. The highest BCUT2D eigenvalue weighted by Crippen LogP contribution is 2.14. The predicted octanol–water partition coefficient (Wildman–Crippen LogP) is 3.01. The Bertz CT molecular complexity index is 374. The molecule has 0 aliphatic carbocycles. The quantitative estimate of drug-likeness (QED) is 0.722. The Kier molecular flexibility index (Phi) is 7.89. The van der Waals surface area contributed by atoms with Gasteiger partial charge in [-0.15, -0.1) is 0 Å². The van der Waals surface area contributed by atoms with Crippen molar-refractivity contribution in [2.75, 3.05) is 30.4 Å². The molecule has 1 aromatic carbocycles. The molecule has 2 N–H and O–H groups in total. The summed E-state index contributed by atoms with van der Waals surface area (Å²) in [4.78, 5) is 11.6. The predicted molar refractivity (Wildman–Crippen MR) is 80.6 cm³/mol. The largest absolute Gasteiger partial charge is 0.325 e. The van der Waals surface area contributed by atoms with Gasteiger partial charge in [-0.3, -0.25) is 4.79 Å². The van der Waals surface area contributed by atoms with Crippen molar-refractivity contribution in [2.24, 2.45) is 0 Å². The Morgan fingerprint density at radius 2 is 2.22 bits per heavy atom. The fourth-order valence-corrected chi connectivity index (χ4v) is 2.15. The molecule has 0 spiro atoms. The van der Waals surface area contributed by atoms with Gasteiger partial charge in [0.1, 0.15) is 0 Å². The molecule has 0 atom stereocenters. The molecule has 1 amide bonds. The summed E-state index contributed by atoms with van der Waals surface area (Å²) in [5.74, 6) is 1.14. The number of rotatable bonds is 8. The van der Waals surface area contributed by atoms with E-state index in [1.54, 1.807) is 12.1 Å². The Morgan fingerprint density at radius 1 is 1.39 bits per heavy atom. The van der Waals surface area contributed by atoms with Crippen LogP contribution in [0.4, 0.5) is 5.69 Å². The third kappa shape index (κ3) is 6.89. The minimum Gasteiger partial charge on any atom is -0.325 e. The fourth-order valence-electron chi connectivity index (χ4n) is 1.47. The average Bonchev–Trinajstić information content (AvgIpc) is 2.33. The number of carbonyl (C=O) groups excluding carboxylic acids is 1. The minimum absolute atomic E-state index is 0.0397. The second-order valence-corrected chi connectivity index (χ2v) is 5.36. The second-order valence-electron chi connectivity index (χ2n) is 3.94. The molecule has 0 fully saturated rings. The number of carbonyl (C=O) groups is 1. The molecule has 0 unspecified atom stereocenters. The summed E-state index contributed by atoms with van der Waals surface area (Å²) in [6, 6.07) is 7.15. The molecule has 0 heterocycles. The van der Waals surface area contributed by atoms with Crippen LogP contribution in [0.15, 0.2) is 24.3 Å². The van der Waals surface area contributed by atoms with E-state index in [2.05, 4.69) is 16.9 Å². The number of halogens is 1. The van der Waals surface area contributed by atoms with Crippen molar-refractivity contribution >= 4 is 35.0 Å². The molecule has 0 bridgehead atoms. The Morgan fingerprint density at radius 3 is 2.94 bits per heavy atom. The lowest BCUT2D eigenvalue weighted by Gasteiger charge is -2.06. The molecular formula is C13H19ClN2OS. The lowest BCUT2D eigenvalue weighted by atomic mass is 10.3. The summed E-state index contributed by atoms with van der Waals surface area (Å²) in [7, 11) is 0. The first-order valence-electron chi connectivity index (χ1n) is 5.97. The summed E-state index contributed by atoms with van der Waals surface area (Å²) < 4.78 is 0. The van der Waals surface area contributed by atoms with Crippen molar-refractivity contribution in [1.82, 2.24) is 5.32 Å². The standard InChI is InChI=1S/C13H19ClN2OS/c1-18-8-3-2-7-15-10-13(17)16-12-6-4-5-11(14)9-12/h4-6,9,15H,2-3,7-8,10H2,1H3,(H,16,17). The van der Waals surface area contributed by atoms with Crippen molar-refractivity contribution < 1.29 is 4.79 Å². The van der Waals surface area contributed by atoms with E-state index in [1.807, 2.05) is 23.9 Å². The second kappa shape index (κ2) is 9.25. The fraction of sp³-hybridized carbons (Fsp3) is 0.462. The minimum atomic E-state index is -0.0397. The number of amides is 1. The van der Waals surface area contributed by atoms with Crippen LogP contribution in [0, 0.1) is 0 Å². The maximum absolute atomic E-state index is 11.6. The van der Waals surface area contributed by atoms with Gasteiger partial charge in [0.2, 0.25) is 5.91 Å². The lowest BCUT2D eigenvalue weighted by molar-refractivity contribution is -0.115. The van der Waals surface area contributed by atoms with E-state index in [0.717, 1.165) is 18.7 Å². The third-order valence-corrected chi connectivity index (χ3v) is 3.28. The monoisotopic (exact) mass is 286 g/mol. The summed E-state index contributed by atoms with van der Waals surface area (Å²) >= 11 is 7.68. The summed E-state index contributed by atoms with van der Waals surface area (Å²) in [6.07, 6.45) is 4.39. The van der Waals surface area contributed by atoms with Gasteiger partial charge in [-0.1, -0.05) is 17.7 Å². The van der Waals surface area contributed by atoms with Crippen LogP contribution in [0.25, 0.3) is 0 Å². The van der Waals surface area contributed by atoms with Gasteiger partial charge < -0.3 is 10.6 Å². The number of anilines is 1. The SMILES string of the molecule is CSCCCCNCC(=O)Nc1cccc(Cl)c1. The Labute approximate surface area is 118 Å². The molecule has 1 rings (SSSR count). The van der Waals surface area contributed by atoms with Gasteiger partial charge in [-0.05, 0) is 49.6 Å². The van der Waals surface area contributed by atoms with Crippen LogP contribution in [0.3, 0.4) is 0 Å². The summed E-state index contributed by atoms with van der Waals surface area (Å²) in [5.41, 5.74) is 0.733. The first-order valence-corrected chi connectivity index (χ1v) is 7.74. The highest BCUT2D eigenvalue weighted by Gasteiger charge is 2.01. The van der Waals surface area contributed by atoms with E-state index in [1.165, 1.54) is 12.2 Å². The van der Waals surface area contributed by atoms with Gasteiger partial charge in [0.05, 0.1) is 6.54 Å². The van der Waals surface area contributed by atoms with E-state index in [9.17, 15) is 4.79 Å². The molecule has 100 valence electrons. The van der Waals surface area contributed by atoms with Crippen LogP contribution in [-0.4, -0.2) is 31.0 Å². The van der Waals surface area contributed by atoms with Crippen LogP contribution >= 0.6 is 23.4 Å². The molecule has 0 aliphatic heterocycles. The lowest BCUT2D eigenvalue weighted by Crippen LogP contribution is -2.28. The van der Waals surface area contributed by atoms with Gasteiger partial charge in [-0.25, -0.2) is 0 Å². The number of nitrogens with one attached hydrogen (secondary N) is 2. The van der Waals surface area contributed by atoms with Crippen LogP contribution in [-0.2, 0) is 4.79 Å². The molecule has 1 aromatic rings. The normalized spacial score (nSPS) is 10.3. The zero-order chi connectivity index (χ0) is 13.2. The first kappa shape index (κ1) is 15.3. The third-order valence-electron chi connectivity index (χ3n) is 2.35. The number of unbranched alkanes of at least 4 members (excludes halogenated alkanes) is 1. The van der Waals surface area contributed by atoms with Gasteiger partial charge in [0, 0.05) is 10.7 Å². The molecule has 0 saturated heterocycles. The number of hydrogen-bond donors (Lipinski definition) is 2. The van der Waals surface area contributed by atoms with Gasteiger partial charge in [0.15, 0.2) is 0 Å². The molecule has 0 aromatic heterocycles. The molecule has 5 heteroatoms. The molecule has 0 saturated carbocycles. The zero-order valence-electron chi connectivity index (χ0n) is 10.5. The van der Waals surface area contributed by atoms with Gasteiger partial charge in [0.25, 0.3) is 0 Å². The number of hydrogen-bond acceptors (Lipinski definition) is 3. The van der Waals surface area contributed by atoms with Crippen LogP contribution in [0.5, 0.6) is 0 Å². The molecular weight excluding hydrogens is 268 g/mol. The average molecular weight is 287 g/mol. The maximum Gasteiger partial charge on any atom is 0.238 e. The topological polar surface area (TPSA) is 41.1 Å². The van der Waals surface area contributed by atoms with E-state index in [4.69, 9.17) is 11.6 Å². The van der Waals surface area contributed by atoms with Crippen LogP contribution in [0.2, 0.25) is 5.02 Å². The van der Waals surface area contributed by atoms with E-state index >= 15 is 0 Å². The van der Waals surface area contributed by atoms with Crippen LogP contribution in [0.1, 0.15) is 12.8 Å². The summed E-state index contributed by atoms with van der Waals surface area (Å²) in [5, 5.41) is 6.54. The van der Waals surface area contributed by atoms with Gasteiger partial charge in [-0.2, -0.15) is 11.8 Å². The number of thioether (sulfide) groups is 1. The van der Waals surface area contributed by atoms with Crippen molar-refractivity contribution in [3.8, 4) is 0 Å². The van der Waals surface area contributed by atoms with Crippen molar-refractivity contribution in [1.29, 1.82) is 0 Å². The van der Waals surface area contributed by atoms with E-state index in [0.29, 0.717) is 11.6 Å². The maximum atomic E-state index is 11.6. The highest BCUT2D eigenvalue weighted by atomic mass is 35.5. The van der Waals surface area contributed by atoms with Crippen molar-refractivity contribution in [2.45, 2.75) is 12.8 Å². The Balaban J connectivity index is 2.14. The molecule has 3 nitrogen and oxygen atoms in total. The number of benzene rings is 1.